The number of methoxy groups -OCH3 is 1. The number of hydrogen-bond donors (Lipinski definition) is 1. The Bertz CT molecular complexity index is 422. The highest BCUT2D eigenvalue weighted by atomic mass is 35.5. The maximum absolute atomic E-state index is 6.29. The molecule has 0 aromatic heterocycles. The molecule has 0 aliphatic carbocycles. The predicted molar refractivity (Wildman–Crippen MR) is 62.2 cm³/mol. The van der Waals surface area contributed by atoms with Crippen molar-refractivity contribution < 1.29 is 9.47 Å². The zero-order chi connectivity index (χ0) is 11.1. The molecule has 16 heavy (non-hydrogen) atoms. The second-order valence-corrected chi connectivity index (χ2v) is 4.64. The van der Waals surface area contributed by atoms with E-state index in [9.17, 15) is 0 Å². The number of rotatable bonds is 1. The molecule has 0 bridgehead atoms. The van der Waals surface area contributed by atoms with Gasteiger partial charge in [0.25, 0.3) is 0 Å². The summed E-state index contributed by atoms with van der Waals surface area (Å²) >= 11 is 6.29. The Morgan fingerprint density at radius 1 is 1.44 bits per heavy atom. The predicted octanol–water partition coefficient (Wildman–Crippen LogP) is 1.93. The van der Waals surface area contributed by atoms with Crippen LogP contribution in [-0.2, 0) is 11.3 Å². The lowest BCUT2D eigenvalue weighted by molar-refractivity contribution is 0.0298. The van der Waals surface area contributed by atoms with Crippen LogP contribution < -0.4 is 10.1 Å². The normalized spacial score (nSPS) is 27.4. The van der Waals surface area contributed by atoms with Crippen molar-refractivity contribution in [1.29, 1.82) is 0 Å². The topological polar surface area (TPSA) is 30.5 Å². The molecule has 0 spiro atoms. The minimum Gasteiger partial charge on any atom is -0.495 e. The third kappa shape index (κ3) is 1.43. The van der Waals surface area contributed by atoms with Crippen LogP contribution >= 0.6 is 11.6 Å². The Morgan fingerprint density at radius 2 is 2.31 bits per heavy atom. The van der Waals surface area contributed by atoms with Crippen LogP contribution in [0.1, 0.15) is 17.0 Å². The largest absolute Gasteiger partial charge is 0.495 e. The first-order valence-electron chi connectivity index (χ1n) is 5.49. The third-order valence-electron chi connectivity index (χ3n) is 3.46. The van der Waals surface area contributed by atoms with Crippen molar-refractivity contribution in [3.8, 4) is 5.75 Å². The average molecular weight is 240 g/mol. The number of hydrogen-bond acceptors (Lipinski definition) is 3. The second-order valence-electron chi connectivity index (χ2n) is 4.26. The lowest BCUT2D eigenvalue weighted by Crippen LogP contribution is -2.27. The minimum absolute atomic E-state index is 0.303. The molecule has 1 fully saturated rings. The van der Waals surface area contributed by atoms with Crippen molar-refractivity contribution in [2.45, 2.75) is 18.6 Å². The Labute approximate surface area is 99.7 Å². The molecule has 2 heterocycles. The van der Waals surface area contributed by atoms with Crippen molar-refractivity contribution in [3.63, 3.8) is 0 Å². The summed E-state index contributed by atoms with van der Waals surface area (Å²) in [6.07, 6.45) is 0.303. The van der Waals surface area contributed by atoms with Crippen LogP contribution in [0.4, 0.5) is 0 Å². The number of benzene rings is 1. The number of fused-ring (bicyclic) bond motifs is 3. The standard InChI is InChI=1S/C12H14ClNO2/c1-15-10-3-2-7-8-4-14-5-11(8)16-6-9(7)12(10)13/h2-3,8,11,14H,4-6H2,1H3/t8-,11-/m0/s1. The Balaban J connectivity index is 2.08. The van der Waals surface area contributed by atoms with Gasteiger partial charge in [-0.3, -0.25) is 0 Å². The molecule has 1 aromatic rings. The van der Waals surface area contributed by atoms with E-state index < -0.39 is 0 Å². The van der Waals surface area contributed by atoms with Crippen LogP contribution in [0, 0.1) is 0 Å². The van der Waals surface area contributed by atoms with Crippen molar-refractivity contribution in [2.24, 2.45) is 0 Å². The third-order valence-corrected chi connectivity index (χ3v) is 3.88. The van der Waals surface area contributed by atoms with Crippen LogP contribution in [0.5, 0.6) is 5.75 Å². The lowest BCUT2D eigenvalue weighted by atomic mass is 9.89. The van der Waals surface area contributed by atoms with E-state index in [4.69, 9.17) is 21.1 Å². The molecule has 1 aromatic carbocycles. The van der Waals surface area contributed by atoms with Crippen LogP contribution in [0.15, 0.2) is 12.1 Å². The minimum atomic E-state index is 0.303. The molecule has 3 nitrogen and oxygen atoms in total. The molecule has 3 rings (SSSR count). The molecule has 2 aliphatic heterocycles. The molecule has 0 unspecified atom stereocenters. The maximum Gasteiger partial charge on any atom is 0.137 e. The fourth-order valence-electron chi connectivity index (χ4n) is 2.60. The lowest BCUT2D eigenvalue weighted by Gasteiger charge is -2.29. The first-order valence-corrected chi connectivity index (χ1v) is 5.86. The summed E-state index contributed by atoms with van der Waals surface area (Å²) in [5.41, 5.74) is 2.40. The van der Waals surface area contributed by atoms with Crippen molar-refractivity contribution in [2.75, 3.05) is 20.2 Å². The van der Waals surface area contributed by atoms with E-state index >= 15 is 0 Å². The van der Waals surface area contributed by atoms with Gasteiger partial charge in [-0.05, 0) is 11.6 Å². The van der Waals surface area contributed by atoms with Gasteiger partial charge in [-0.15, -0.1) is 0 Å². The van der Waals surface area contributed by atoms with Crippen LogP contribution in [0.2, 0.25) is 5.02 Å². The Morgan fingerprint density at radius 3 is 3.12 bits per heavy atom. The zero-order valence-electron chi connectivity index (χ0n) is 9.13. The molecule has 4 heteroatoms. The van der Waals surface area contributed by atoms with Crippen molar-refractivity contribution in [1.82, 2.24) is 5.32 Å². The molecule has 0 saturated carbocycles. The highest BCUT2D eigenvalue weighted by molar-refractivity contribution is 6.33. The van der Waals surface area contributed by atoms with Gasteiger partial charge in [0.15, 0.2) is 0 Å². The molecule has 2 atom stereocenters. The molecular weight excluding hydrogens is 226 g/mol. The van der Waals surface area contributed by atoms with Crippen LogP contribution in [0.3, 0.4) is 0 Å². The number of ether oxygens (including phenoxy) is 2. The summed E-state index contributed by atoms with van der Waals surface area (Å²) < 4.78 is 11.0. The van der Waals surface area contributed by atoms with Crippen LogP contribution in [-0.4, -0.2) is 26.3 Å². The molecule has 2 aliphatic rings. The monoisotopic (exact) mass is 239 g/mol. The first-order chi connectivity index (χ1) is 7.81. The summed E-state index contributed by atoms with van der Waals surface area (Å²) in [5.74, 6) is 1.17. The number of nitrogens with one attached hydrogen (secondary N) is 1. The smallest absolute Gasteiger partial charge is 0.137 e. The fourth-order valence-corrected chi connectivity index (χ4v) is 2.90. The van der Waals surface area contributed by atoms with E-state index in [2.05, 4.69) is 11.4 Å². The van der Waals surface area contributed by atoms with Crippen molar-refractivity contribution in [3.05, 3.63) is 28.3 Å². The highest BCUT2D eigenvalue weighted by Gasteiger charge is 2.35. The summed E-state index contributed by atoms with van der Waals surface area (Å²) in [6.45, 7) is 2.50. The summed E-state index contributed by atoms with van der Waals surface area (Å²) in [5, 5.41) is 4.05. The molecular formula is C12H14ClNO2. The average Bonchev–Trinajstić information content (AvgIpc) is 2.77. The molecule has 1 saturated heterocycles. The molecule has 86 valence electrons. The molecule has 1 N–H and O–H groups in total. The van der Waals surface area contributed by atoms with Gasteiger partial charge in [-0.1, -0.05) is 17.7 Å². The van der Waals surface area contributed by atoms with E-state index in [-0.39, 0.29) is 0 Å². The summed E-state index contributed by atoms with van der Waals surface area (Å²) in [7, 11) is 1.64. The highest BCUT2D eigenvalue weighted by Crippen LogP contribution is 2.40. The van der Waals surface area contributed by atoms with Gasteiger partial charge in [-0.2, -0.15) is 0 Å². The van der Waals surface area contributed by atoms with Gasteiger partial charge in [0.1, 0.15) is 5.75 Å². The zero-order valence-corrected chi connectivity index (χ0v) is 9.88. The SMILES string of the molecule is COc1ccc2c(c1Cl)CO[C@H]1CNC[C@@H]21. The summed E-state index contributed by atoms with van der Waals surface area (Å²) in [4.78, 5) is 0. The van der Waals surface area contributed by atoms with Gasteiger partial charge < -0.3 is 14.8 Å². The maximum atomic E-state index is 6.29. The van der Waals surface area contributed by atoms with Gasteiger partial charge in [0, 0.05) is 24.6 Å². The van der Waals surface area contributed by atoms with E-state index in [0.29, 0.717) is 23.7 Å². The fraction of sp³-hybridized carbons (Fsp3) is 0.500. The quantitative estimate of drug-likeness (QED) is 0.813. The Kier molecular flexibility index (Phi) is 2.54. The van der Waals surface area contributed by atoms with E-state index in [1.807, 2.05) is 6.07 Å². The van der Waals surface area contributed by atoms with E-state index in [1.165, 1.54) is 5.56 Å². The molecule has 0 amide bonds. The van der Waals surface area contributed by atoms with Crippen molar-refractivity contribution >= 4 is 11.6 Å². The van der Waals surface area contributed by atoms with E-state index in [1.54, 1.807) is 7.11 Å². The molecule has 0 radical (unpaired) electrons. The number of halogens is 1. The Hall–Kier alpha value is -0.770. The van der Waals surface area contributed by atoms with Gasteiger partial charge in [0.05, 0.1) is 24.8 Å². The second kappa shape index (κ2) is 3.91. The van der Waals surface area contributed by atoms with Gasteiger partial charge in [-0.25, -0.2) is 0 Å². The van der Waals surface area contributed by atoms with Gasteiger partial charge in [0.2, 0.25) is 0 Å². The van der Waals surface area contributed by atoms with E-state index in [0.717, 1.165) is 24.4 Å². The first kappa shape index (κ1) is 10.4. The summed E-state index contributed by atoms with van der Waals surface area (Å²) in [6, 6.07) is 4.06. The van der Waals surface area contributed by atoms with Crippen LogP contribution in [0.25, 0.3) is 0 Å². The van der Waals surface area contributed by atoms with Gasteiger partial charge >= 0.3 is 0 Å².